The van der Waals surface area contributed by atoms with Gasteiger partial charge >= 0.3 is 0 Å². The number of aliphatic hydroxyl groups is 1. The maximum atomic E-state index is 10.2. The summed E-state index contributed by atoms with van der Waals surface area (Å²) in [6.07, 6.45) is 1.17. The Kier molecular flexibility index (Phi) is 5.27. The van der Waals surface area contributed by atoms with E-state index in [4.69, 9.17) is 14.2 Å². The first-order valence-electron chi connectivity index (χ1n) is 7.80. The molecule has 1 atom stereocenters. The molecule has 6 heteroatoms. The van der Waals surface area contributed by atoms with E-state index in [9.17, 15) is 5.11 Å². The number of nitrogens with zero attached hydrogens (tertiary/aromatic N) is 2. The highest BCUT2D eigenvalue weighted by Crippen LogP contribution is 2.34. The molecule has 0 amide bonds. The lowest BCUT2D eigenvalue weighted by atomic mass is 10.2. The minimum Gasteiger partial charge on any atom is -0.491 e. The number of rotatable bonds is 6. The number of aliphatic hydroxyl groups excluding tert-OH is 1. The highest BCUT2D eigenvalue weighted by atomic mass is 16.5. The van der Waals surface area contributed by atoms with E-state index >= 15 is 0 Å². The second-order valence-corrected chi connectivity index (χ2v) is 5.55. The van der Waals surface area contributed by atoms with Crippen LogP contribution in [0.1, 0.15) is 0 Å². The van der Waals surface area contributed by atoms with Gasteiger partial charge < -0.3 is 19.3 Å². The van der Waals surface area contributed by atoms with Crippen molar-refractivity contribution in [3.63, 3.8) is 0 Å². The third-order valence-electron chi connectivity index (χ3n) is 3.90. The van der Waals surface area contributed by atoms with E-state index in [2.05, 4.69) is 9.88 Å². The lowest BCUT2D eigenvalue weighted by molar-refractivity contribution is 0.00447. The number of methoxy groups -OCH3 is 1. The molecule has 1 aromatic heterocycles. The monoisotopic (exact) mass is 318 g/mol. The number of aromatic nitrogens is 1. The molecule has 0 spiro atoms. The van der Waals surface area contributed by atoms with Gasteiger partial charge in [-0.25, -0.2) is 0 Å². The van der Waals surface area contributed by atoms with Crippen LogP contribution < -0.4 is 9.47 Å². The van der Waals surface area contributed by atoms with Crippen LogP contribution in [-0.4, -0.2) is 67.7 Å². The van der Waals surface area contributed by atoms with Gasteiger partial charge in [-0.3, -0.25) is 9.88 Å². The minimum absolute atomic E-state index is 0.214. The number of ether oxygens (including phenoxy) is 3. The van der Waals surface area contributed by atoms with Gasteiger partial charge in [0.05, 0.1) is 20.3 Å². The van der Waals surface area contributed by atoms with Crippen LogP contribution in [0.2, 0.25) is 0 Å². The third kappa shape index (κ3) is 3.90. The maximum absolute atomic E-state index is 10.2. The van der Waals surface area contributed by atoms with Crippen molar-refractivity contribution in [2.75, 3.05) is 46.6 Å². The van der Waals surface area contributed by atoms with Crippen LogP contribution >= 0.6 is 0 Å². The number of β-amino-alcohol motifs (C(OH)–C–C–N with tert-alkyl or cyclic N) is 1. The normalized spacial score (nSPS) is 17.1. The molecule has 0 aliphatic carbocycles. The van der Waals surface area contributed by atoms with Gasteiger partial charge in [-0.1, -0.05) is 6.07 Å². The molecule has 6 nitrogen and oxygen atoms in total. The summed E-state index contributed by atoms with van der Waals surface area (Å²) in [6, 6.07) is 7.65. The molecule has 1 aromatic carbocycles. The van der Waals surface area contributed by atoms with Crippen molar-refractivity contribution >= 4 is 10.9 Å². The van der Waals surface area contributed by atoms with Gasteiger partial charge in [0.15, 0.2) is 11.5 Å². The lowest BCUT2D eigenvalue weighted by Gasteiger charge is -2.28. The van der Waals surface area contributed by atoms with E-state index in [0.717, 1.165) is 37.2 Å². The summed E-state index contributed by atoms with van der Waals surface area (Å²) in [7, 11) is 1.60. The Labute approximate surface area is 135 Å². The van der Waals surface area contributed by atoms with E-state index in [0.29, 0.717) is 18.0 Å². The smallest absolute Gasteiger partial charge is 0.187 e. The van der Waals surface area contributed by atoms with E-state index in [1.54, 1.807) is 13.3 Å². The van der Waals surface area contributed by atoms with E-state index in [-0.39, 0.29) is 6.61 Å². The highest BCUT2D eigenvalue weighted by Gasteiger charge is 2.17. The topological polar surface area (TPSA) is 64.0 Å². The molecular weight excluding hydrogens is 296 g/mol. The van der Waals surface area contributed by atoms with Crippen LogP contribution in [0, 0.1) is 0 Å². The summed E-state index contributed by atoms with van der Waals surface area (Å²) >= 11 is 0. The van der Waals surface area contributed by atoms with Crippen molar-refractivity contribution in [2.24, 2.45) is 0 Å². The Morgan fingerprint density at radius 1 is 1.30 bits per heavy atom. The van der Waals surface area contributed by atoms with E-state index in [1.165, 1.54) is 0 Å². The number of fused-ring (bicyclic) bond motifs is 1. The molecule has 23 heavy (non-hydrogen) atoms. The van der Waals surface area contributed by atoms with Crippen LogP contribution in [0.15, 0.2) is 30.5 Å². The number of hydrogen-bond donors (Lipinski definition) is 1. The SMILES string of the molecule is COc1c(OCC(O)CN2CCOCC2)ccc2cccnc12. The summed E-state index contributed by atoms with van der Waals surface area (Å²) in [4.78, 5) is 6.52. The van der Waals surface area contributed by atoms with Crippen LogP contribution in [0.3, 0.4) is 0 Å². The molecule has 1 aliphatic rings. The van der Waals surface area contributed by atoms with Crippen LogP contribution in [0.5, 0.6) is 11.5 Å². The van der Waals surface area contributed by atoms with Crippen molar-refractivity contribution in [3.8, 4) is 11.5 Å². The van der Waals surface area contributed by atoms with Crippen molar-refractivity contribution in [3.05, 3.63) is 30.5 Å². The van der Waals surface area contributed by atoms with Gasteiger partial charge in [0.2, 0.25) is 0 Å². The van der Waals surface area contributed by atoms with Crippen molar-refractivity contribution in [1.29, 1.82) is 0 Å². The predicted molar refractivity (Wildman–Crippen MR) is 87.1 cm³/mol. The standard InChI is InChI=1S/C17H22N2O4/c1-21-17-15(5-4-13-3-2-6-18-16(13)17)23-12-14(20)11-19-7-9-22-10-8-19/h2-6,14,20H,7-12H2,1H3. The predicted octanol–water partition coefficient (Wildman–Crippen LogP) is 1.32. The van der Waals surface area contributed by atoms with Gasteiger partial charge in [0.1, 0.15) is 18.2 Å². The fraction of sp³-hybridized carbons (Fsp3) is 0.471. The van der Waals surface area contributed by atoms with Gasteiger partial charge in [0, 0.05) is 31.2 Å². The Hall–Kier alpha value is -1.89. The molecule has 2 aromatic rings. The van der Waals surface area contributed by atoms with Crippen molar-refractivity contribution in [2.45, 2.75) is 6.10 Å². The Balaban J connectivity index is 1.64. The van der Waals surface area contributed by atoms with Gasteiger partial charge in [-0.2, -0.15) is 0 Å². The fourth-order valence-corrected chi connectivity index (χ4v) is 2.73. The zero-order valence-corrected chi connectivity index (χ0v) is 13.3. The second kappa shape index (κ2) is 7.59. The Morgan fingerprint density at radius 2 is 2.13 bits per heavy atom. The van der Waals surface area contributed by atoms with E-state index in [1.807, 2.05) is 24.3 Å². The first-order chi connectivity index (χ1) is 11.3. The second-order valence-electron chi connectivity index (χ2n) is 5.55. The molecule has 0 saturated carbocycles. The fourth-order valence-electron chi connectivity index (χ4n) is 2.73. The largest absolute Gasteiger partial charge is 0.491 e. The summed E-state index contributed by atoms with van der Waals surface area (Å²) in [5.41, 5.74) is 0.759. The molecule has 3 rings (SSSR count). The lowest BCUT2D eigenvalue weighted by Crippen LogP contribution is -2.42. The number of pyridine rings is 1. The molecule has 0 radical (unpaired) electrons. The maximum Gasteiger partial charge on any atom is 0.187 e. The quantitative estimate of drug-likeness (QED) is 0.866. The Morgan fingerprint density at radius 3 is 2.91 bits per heavy atom. The van der Waals surface area contributed by atoms with Gasteiger partial charge in [-0.15, -0.1) is 0 Å². The molecule has 124 valence electrons. The molecule has 1 fully saturated rings. The molecule has 1 N–H and O–H groups in total. The Bertz CT molecular complexity index is 644. The van der Waals surface area contributed by atoms with E-state index < -0.39 is 6.10 Å². The minimum atomic E-state index is -0.558. The van der Waals surface area contributed by atoms with Crippen LogP contribution in [0.25, 0.3) is 10.9 Å². The molecular formula is C17H22N2O4. The highest BCUT2D eigenvalue weighted by molar-refractivity contribution is 5.86. The molecule has 1 unspecified atom stereocenters. The zero-order chi connectivity index (χ0) is 16.1. The van der Waals surface area contributed by atoms with Crippen molar-refractivity contribution < 1.29 is 19.3 Å². The first-order valence-corrected chi connectivity index (χ1v) is 7.80. The van der Waals surface area contributed by atoms with Crippen LogP contribution in [-0.2, 0) is 4.74 Å². The van der Waals surface area contributed by atoms with Crippen molar-refractivity contribution in [1.82, 2.24) is 9.88 Å². The number of hydrogen-bond acceptors (Lipinski definition) is 6. The van der Waals surface area contributed by atoms with Gasteiger partial charge in [-0.05, 0) is 18.2 Å². The van der Waals surface area contributed by atoms with Crippen LogP contribution in [0.4, 0.5) is 0 Å². The summed E-state index contributed by atoms with van der Waals surface area (Å²) in [5.74, 6) is 1.20. The summed E-state index contributed by atoms with van der Waals surface area (Å²) < 4.78 is 16.5. The molecule has 1 saturated heterocycles. The third-order valence-corrected chi connectivity index (χ3v) is 3.90. The molecule has 2 heterocycles. The summed E-state index contributed by atoms with van der Waals surface area (Å²) in [6.45, 7) is 3.93. The number of benzene rings is 1. The zero-order valence-electron chi connectivity index (χ0n) is 13.3. The average molecular weight is 318 g/mol. The average Bonchev–Trinajstić information content (AvgIpc) is 2.60. The summed E-state index contributed by atoms with van der Waals surface area (Å²) in [5, 5.41) is 11.2. The first kappa shape index (κ1) is 16.0. The number of morpholine rings is 1. The van der Waals surface area contributed by atoms with Gasteiger partial charge in [0.25, 0.3) is 0 Å². The molecule has 0 bridgehead atoms. The molecule has 1 aliphatic heterocycles.